The van der Waals surface area contributed by atoms with Crippen molar-refractivity contribution in [3.63, 3.8) is 0 Å². The second kappa shape index (κ2) is 7.59. The maximum absolute atomic E-state index is 12.2. The average molecular weight is 326 g/mol. The predicted molar refractivity (Wildman–Crippen MR) is 87.9 cm³/mol. The fraction of sp³-hybridized carbons (Fsp3) is 0. The van der Waals surface area contributed by atoms with E-state index in [1.165, 1.54) is 18.2 Å². The molecule has 2 amide bonds. The summed E-state index contributed by atoms with van der Waals surface area (Å²) >= 11 is 0. The first-order valence-electron chi connectivity index (χ1n) is 6.86. The van der Waals surface area contributed by atoms with E-state index in [2.05, 4.69) is 10.6 Å². The van der Waals surface area contributed by atoms with E-state index in [1.807, 2.05) is 0 Å². The van der Waals surface area contributed by atoms with E-state index in [1.54, 1.807) is 30.3 Å². The van der Waals surface area contributed by atoms with Crippen LogP contribution >= 0.6 is 0 Å². The molecule has 0 bridgehead atoms. The van der Waals surface area contributed by atoms with Gasteiger partial charge in [0.2, 0.25) is 5.91 Å². The van der Waals surface area contributed by atoms with Gasteiger partial charge in [-0.25, -0.2) is 4.79 Å². The predicted octanol–water partition coefficient (Wildman–Crippen LogP) is 2.22. The maximum Gasteiger partial charge on any atom is 0.328 e. The van der Waals surface area contributed by atoms with Crippen LogP contribution in [0, 0.1) is 0 Å². The number of carbonyl (C=O) groups is 3. The molecule has 0 radical (unpaired) electrons. The lowest BCUT2D eigenvalue weighted by molar-refractivity contribution is -0.131. The van der Waals surface area contributed by atoms with Crippen LogP contribution in [0.1, 0.15) is 10.4 Å². The molecule has 0 aromatic heterocycles. The Balaban J connectivity index is 2.07. The van der Waals surface area contributed by atoms with Gasteiger partial charge in [-0.05, 0) is 30.3 Å². The summed E-state index contributed by atoms with van der Waals surface area (Å²) in [5.74, 6) is -2.25. The van der Waals surface area contributed by atoms with E-state index in [9.17, 15) is 19.5 Å². The summed E-state index contributed by atoms with van der Waals surface area (Å²) in [4.78, 5) is 34.1. The SMILES string of the molecule is O=C(O)/C=C/C(=O)Nc1cccc(C(=O)Nc2cccc(O)c2)c1. The number of benzene rings is 2. The summed E-state index contributed by atoms with van der Waals surface area (Å²) in [7, 11) is 0. The monoisotopic (exact) mass is 326 g/mol. The van der Waals surface area contributed by atoms with Gasteiger partial charge in [0.1, 0.15) is 5.75 Å². The fourth-order valence-corrected chi connectivity index (χ4v) is 1.86. The second-order valence-electron chi connectivity index (χ2n) is 4.75. The molecule has 0 saturated carbocycles. The van der Waals surface area contributed by atoms with Gasteiger partial charge in [-0.2, -0.15) is 0 Å². The number of phenols is 1. The normalized spacial score (nSPS) is 10.3. The van der Waals surface area contributed by atoms with Crippen molar-refractivity contribution in [2.75, 3.05) is 10.6 Å². The minimum Gasteiger partial charge on any atom is -0.508 e. The van der Waals surface area contributed by atoms with E-state index in [0.29, 0.717) is 23.0 Å². The van der Waals surface area contributed by atoms with Gasteiger partial charge in [-0.15, -0.1) is 0 Å². The van der Waals surface area contributed by atoms with Crippen LogP contribution in [-0.4, -0.2) is 28.0 Å². The topological polar surface area (TPSA) is 116 Å². The van der Waals surface area contributed by atoms with Gasteiger partial charge in [0.15, 0.2) is 0 Å². The molecule has 0 saturated heterocycles. The average Bonchev–Trinajstić information content (AvgIpc) is 2.53. The number of aromatic hydroxyl groups is 1. The molecule has 2 rings (SSSR count). The van der Waals surface area contributed by atoms with Crippen molar-refractivity contribution < 1.29 is 24.6 Å². The highest BCUT2D eigenvalue weighted by atomic mass is 16.4. The molecule has 122 valence electrons. The molecule has 0 aliphatic heterocycles. The van der Waals surface area contributed by atoms with Crippen molar-refractivity contribution in [3.8, 4) is 5.75 Å². The third-order valence-corrected chi connectivity index (χ3v) is 2.87. The molecule has 7 heteroatoms. The molecule has 24 heavy (non-hydrogen) atoms. The lowest BCUT2D eigenvalue weighted by Crippen LogP contribution is -2.13. The van der Waals surface area contributed by atoms with E-state index in [-0.39, 0.29) is 5.75 Å². The minimum atomic E-state index is -1.23. The smallest absolute Gasteiger partial charge is 0.328 e. The molecular weight excluding hydrogens is 312 g/mol. The minimum absolute atomic E-state index is 0.0269. The number of phenolic OH excluding ortho intramolecular Hbond substituents is 1. The van der Waals surface area contributed by atoms with Gasteiger partial charge in [0, 0.05) is 35.2 Å². The van der Waals surface area contributed by atoms with Gasteiger partial charge >= 0.3 is 5.97 Å². The van der Waals surface area contributed by atoms with Gasteiger partial charge in [-0.3, -0.25) is 9.59 Å². The maximum atomic E-state index is 12.2. The second-order valence-corrected chi connectivity index (χ2v) is 4.75. The third-order valence-electron chi connectivity index (χ3n) is 2.87. The molecule has 0 unspecified atom stereocenters. The highest BCUT2D eigenvalue weighted by molar-refractivity contribution is 6.06. The first kappa shape index (κ1) is 16.8. The lowest BCUT2D eigenvalue weighted by atomic mass is 10.1. The Morgan fingerprint density at radius 2 is 1.54 bits per heavy atom. The number of hydrogen-bond acceptors (Lipinski definition) is 4. The van der Waals surface area contributed by atoms with Crippen LogP contribution < -0.4 is 10.6 Å². The number of carboxylic acids is 1. The molecule has 7 nitrogen and oxygen atoms in total. The summed E-state index contributed by atoms with van der Waals surface area (Å²) in [5.41, 5.74) is 1.07. The number of carboxylic acid groups (broad SMARTS) is 1. The molecule has 0 atom stereocenters. The Labute approximate surface area is 137 Å². The van der Waals surface area contributed by atoms with Crippen LogP contribution in [0.4, 0.5) is 11.4 Å². The Morgan fingerprint density at radius 3 is 2.21 bits per heavy atom. The zero-order valence-corrected chi connectivity index (χ0v) is 12.4. The number of nitrogens with one attached hydrogen (secondary N) is 2. The van der Waals surface area contributed by atoms with Crippen LogP contribution in [0.3, 0.4) is 0 Å². The first-order chi connectivity index (χ1) is 11.4. The molecule has 0 aliphatic carbocycles. The van der Waals surface area contributed by atoms with Crippen LogP contribution in [0.15, 0.2) is 60.7 Å². The van der Waals surface area contributed by atoms with Crippen molar-refractivity contribution in [1.82, 2.24) is 0 Å². The number of hydrogen-bond donors (Lipinski definition) is 4. The van der Waals surface area contributed by atoms with Crippen LogP contribution in [0.5, 0.6) is 5.75 Å². The van der Waals surface area contributed by atoms with Crippen LogP contribution in [0.25, 0.3) is 0 Å². The Bertz CT molecular complexity index is 814. The van der Waals surface area contributed by atoms with Gasteiger partial charge in [0.05, 0.1) is 0 Å². The summed E-state index contributed by atoms with van der Waals surface area (Å²) in [6, 6.07) is 12.3. The molecule has 2 aromatic rings. The van der Waals surface area contributed by atoms with Crippen molar-refractivity contribution in [2.45, 2.75) is 0 Å². The van der Waals surface area contributed by atoms with Crippen molar-refractivity contribution in [1.29, 1.82) is 0 Å². The summed E-state index contributed by atoms with van der Waals surface area (Å²) in [6.45, 7) is 0. The highest BCUT2D eigenvalue weighted by Crippen LogP contribution is 2.17. The molecule has 0 aliphatic rings. The van der Waals surface area contributed by atoms with E-state index in [0.717, 1.165) is 6.08 Å². The van der Waals surface area contributed by atoms with E-state index in [4.69, 9.17) is 5.11 Å². The summed E-state index contributed by atoms with van der Waals surface area (Å²) in [5, 5.41) is 22.9. The standard InChI is InChI=1S/C17H14N2O5/c20-14-6-2-5-13(10-14)19-17(24)11-3-1-4-12(9-11)18-15(21)7-8-16(22)23/h1-10,20H,(H,18,21)(H,19,24)(H,22,23)/b8-7+. The zero-order chi connectivity index (χ0) is 17.5. The molecule has 0 spiro atoms. The fourth-order valence-electron chi connectivity index (χ4n) is 1.86. The van der Waals surface area contributed by atoms with Crippen molar-refractivity contribution in [3.05, 3.63) is 66.2 Å². The van der Waals surface area contributed by atoms with Crippen molar-refractivity contribution in [2.24, 2.45) is 0 Å². The van der Waals surface area contributed by atoms with Gasteiger partial charge < -0.3 is 20.8 Å². The highest BCUT2D eigenvalue weighted by Gasteiger charge is 2.08. The number of rotatable bonds is 5. The lowest BCUT2D eigenvalue weighted by Gasteiger charge is -2.08. The third kappa shape index (κ3) is 4.99. The molecule has 2 aromatic carbocycles. The quantitative estimate of drug-likeness (QED) is 0.629. The van der Waals surface area contributed by atoms with Gasteiger partial charge in [-0.1, -0.05) is 12.1 Å². The van der Waals surface area contributed by atoms with Crippen LogP contribution in [0.2, 0.25) is 0 Å². The Hall–Kier alpha value is -3.61. The van der Waals surface area contributed by atoms with Crippen LogP contribution in [-0.2, 0) is 9.59 Å². The number of aliphatic carboxylic acids is 1. The van der Waals surface area contributed by atoms with E-state index < -0.39 is 17.8 Å². The number of amides is 2. The molecular formula is C17H14N2O5. The molecule has 0 fully saturated rings. The summed E-state index contributed by atoms with van der Waals surface area (Å²) in [6.07, 6.45) is 1.59. The van der Waals surface area contributed by atoms with Gasteiger partial charge in [0.25, 0.3) is 5.91 Å². The zero-order valence-electron chi connectivity index (χ0n) is 12.4. The van der Waals surface area contributed by atoms with Crippen molar-refractivity contribution >= 4 is 29.2 Å². The Morgan fingerprint density at radius 1 is 0.875 bits per heavy atom. The summed E-state index contributed by atoms with van der Waals surface area (Å²) < 4.78 is 0. The molecule has 4 N–H and O–H groups in total. The first-order valence-corrected chi connectivity index (χ1v) is 6.86. The largest absolute Gasteiger partial charge is 0.508 e. The number of anilines is 2. The Kier molecular flexibility index (Phi) is 5.30. The number of carbonyl (C=O) groups excluding carboxylic acids is 2. The van der Waals surface area contributed by atoms with E-state index >= 15 is 0 Å². The molecule has 0 heterocycles.